The van der Waals surface area contributed by atoms with Gasteiger partial charge in [0.1, 0.15) is 11.9 Å². The van der Waals surface area contributed by atoms with Gasteiger partial charge in [0, 0.05) is 49.5 Å². The molecule has 4 rings (SSSR count). The van der Waals surface area contributed by atoms with E-state index in [4.69, 9.17) is 16.3 Å². The number of hydrogen-bond acceptors (Lipinski definition) is 9. The normalized spacial score (nSPS) is 17.5. The highest BCUT2D eigenvalue weighted by Gasteiger charge is 2.41. The van der Waals surface area contributed by atoms with Crippen LogP contribution in [0.5, 0.6) is 0 Å². The predicted molar refractivity (Wildman–Crippen MR) is 150 cm³/mol. The molecule has 1 aromatic heterocycles. The number of nitrogens with zero attached hydrogens (tertiary/aromatic N) is 4. The van der Waals surface area contributed by atoms with Crippen LogP contribution in [0.4, 0.5) is 34.0 Å². The number of benzene rings is 1. The van der Waals surface area contributed by atoms with Crippen LogP contribution in [0.1, 0.15) is 57.6 Å². The fraction of sp³-hybridized carbons (Fsp3) is 0.536. The number of rotatable bonds is 9. The topological polar surface area (TPSA) is 135 Å². The van der Waals surface area contributed by atoms with Gasteiger partial charge in [0.2, 0.25) is 5.82 Å². The van der Waals surface area contributed by atoms with Crippen LogP contribution in [0.2, 0.25) is 0 Å². The Labute approximate surface area is 242 Å². The van der Waals surface area contributed by atoms with Gasteiger partial charge in [-0.05, 0) is 64.2 Å². The molecule has 1 aliphatic carbocycles. The molecular weight excluding hydrogens is 556 g/mol. The Bertz CT molecular complexity index is 1270. The largest absolute Gasteiger partial charge is 0.444 e. The standard InChI is InChI=1S/C28H38F4N8O2/c1-26(2,3)42-25(41)39-12-10-27(11-13-39,21(14-33)38-34)16-35-23-22(29)24(37-17-36-23)40(20-8-9-20)15-18-4-6-19(7-5-18)28(30,31)32/h4-7,14,17,20,38H,8-13,15-16,33-34H2,1-3H3,(H,35,36,37)/b21-14-. The van der Waals surface area contributed by atoms with Gasteiger partial charge in [-0.1, -0.05) is 12.1 Å². The summed E-state index contributed by atoms with van der Waals surface area (Å²) in [7, 11) is 0. The second-order valence-corrected chi connectivity index (χ2v) is 11.7. The van der Waals surface area contributed by atoms with Crippen LogP contribution >= 0.6 is 0 Å². The minimum atomic E-state index is -4.43. The van der Waals surface area contributed by atoms with E-state index in [0.29, 0.717) is 37.2 Å². The number of halogens is 4. The molecule has 2 aliphatic rings. The number of ether oxygens (including phenoxy) is 1. The van der Waals surface area contributed by atoms with Gasteiger partial charge in [-0.15, -0.1) is 0 Å². The van der Waals surface area contributed by atoms with Gasteiger partial charge < -0.3 is 31.0 Å². The lowest BCUT2D eigenvalue weighted by Gasteiger charge is -2.43. The number of piperidine rings is 1. The van der Waals surface area contributed by atoms with Crippen LogP contribution in [0.3, 0.4) is 0 Å². The van der Waals surface area contributed by atoms with Crippen LogP contribution in [-0.4, -0.2) is 52.2 Å². The molecule has 2 aromatic rings. The molecule has 1 saturated heterocycles. The summed E-state index contributed by atoms with van der Waals surface area (Å²) in [5.41, 5.74) is 7.64. The average molecular weight is 595 g/mol. The van der Waals surface area contributed by atoms with E-state index in [9.17, 15) is 18.0 Å². The lowest BCUT2D eigenvalue weighted by molar-refractivity contribution is -0.137. The van der Waals surface area contributed by atoms with Crippen molar-refractivity contribution < 1.29 is 27.1 Å². The summed E-state index contributed by atoms with van der Waals surface area (Å²) in [5.74, 6) is 5.15. The van der Waals surface area contributed by atoms with E-state index in [2.05, 4.69) is 20.7 Å². The lowest BCUT2D eigenvalue weighted by atomic mass is 9.75. The SMILES string of the molecule is CC(C)(C)OC(=O)N1CCC(CNc2ncnc(N(Cc3ccc(C(F)(F)F)cc3)C3CC3)c2F)(/C(=C/N)NN)CC1. The maximum atomic E-state index is 15.9. The molecule has 230 valence electrons. The molecule has 14 heteroatoms. The monoisotopic (exact) mass is 594 g/mol. The Kier molecular flexibility index (Phi) is 9.04. The summed E-state index contributed by atoms with van der Waals surface area (Å²) in [5, 5.41) is 3.09. The number of nitrogens with two attached hydrogens (primary N) is 2. The van der Waals surface area contributed by atoms with E-state index in [1.54, 1.807) is 30.6 Å². The third kappa shape index (κ3) is 7.33. The number of amides is 1. The Morgan fingerprint density at radius 3 is 2.33 bits per heavy atom. The minimum absolute atomic E-state index is 0.0151. The van der Waals surface area contributed by atoms with E-state index in [-0.39, 0.29) is 30.8 Å². The maximum Gasteiger partial charge on any atom is 0.416 e. The summed E-state index contributed by atoms with van der Waals surface area (Å²) in [6, 6.07) is 4.84. The molecule has 0 spiro atoms. The molecule has 2 heterocycles. The molecule has 42 heavy (non-hydrogen) atoms. The van der Waals surface area contributed by atoms with Crippen LogP contribution in [-0.2, 0) is 17.5 Å². The Balaban J connectivity index is 1.50. The fourth-order valence-electron chi connectivity index (χ4n) is 5.06. The minimum Gasteiger partial charge on any atom is -0.444 e. The first-order valence-corrected chi connectivity index (χ1v) is 13.8. The molecule has 1 aliphatic heterocycles. The molecule has 1 saturated carbocycles. The molecule has 0 unspecified atom stereocenters. The van der Waals surface area contributed by atoms with E-state index in [0.717, 1.165) is 25.0 Å². The van der Waals surface area contributed by atoms with Gasteiger partial charge in [0.15, 0.2) is 11.6 Å². The van der Waals surface area contributed by atoms with Crippen LogP contribution < -0.4 is 27.2 Å². The van der Waals surface area contributed by atoms with E-state index < -0.39 is 34.7 Å². The Morgan fingerprint density at radius 2 is 1.81 bits per heavy atom. The number of aromatic nitrogens is 2. The van der Waals surface area contributed by atoms with Crippen LogP contribution in [0.15, 0.2) is 42.5 Å². The van der Waals surface area contributed by atoms with Gasteiger partial charge in [-0.3, -0.25) is 5.84 Å². The van der Waals surface area contributed by atoms with Gasteiger partial charge in [-0.25, -0.2) is 14.8 Å². The summed E-state index contributed by atoms with van der Waals surface area (Å²) in [6.07, 6.45) is 0.335. The van der Waals surface area contributed by atoms with Gasteiger partial charge >= 0.3 is 12.3 Å². The molecule has 0 atom stereocenters. The number of anilines is 2. The van der Waals surface area contributed by atoms with Gasteiger partial charge in [-0.2, -0.15) is 17.6 Å². The fourth-order valence-corrected chi connectivity index (χ4v) is 5.06. The van der Waals surface area contributed by atoms with Crippen molar-refractivity contribution in [3.8, 4) is 0 Å². The third-order valence-electron chi connectivity index (χ3n) is 7.52. The zero-order valence-corrected chi connectivity index (χ0v) is 24.0. The highest BCUT2D eigenvalue weighted by molar-refractivity contribution is 5.68. The number of hydrazine groups is 1. The van der Waals surface area contributed by atoms with Crippen molar-refractivity contribution in [2.75, 3.05) is 29.9 Å². The van der Waals surface area contributed by atoms with Gasteiger partial charge in [0.25, 0.3) is 0 Å². The van der Waals surface area contributed by atoms with E-state index >= 15 is 4.39 Å². The third-order valence-corrected chi connectivity index (χ3v) is 7.52. The first-order valence-electron chi connectivity index (χ1n) is 13.8. The highest BCUT2D eigenvalue weighted by atomic mass is 19.4. The molecule has 6 N–H and O–H groups in total. The van der Waals surface area contributed by atoms with Crippen LogP contribution in [0.25, 0.3) is 0 Å². The van der Waals surface area contributed by atoms with Crippen molar-refractivity contribution in [3.05, 3.63) is 59.4 Å². The lowest BCUT2D eigenvalue weighted by Crippen LogP contribution is -2.51. The van der Waals surface area contributed by atoms with Crippen LogP contribution in [0, 0.1) is 11.2 Å². The predicted octanol–water partition coefficient (Wildman–Crippen LogP) is 4.50. The van der Waals surface area contributed by atoms with E-state index in [1.165, 1.54) is 24.7 Å². The number of alkyl halides is 3. The molecule has 0 bridgehead atoms. The number of likely N-dealkylation sites (tertiary alicyclic amines) is 1. The molecule has 1 aromatic carbocycles. The van der Waals surface area contributed by atoms with Crippen molar-refractivity contribution in [2.24, 2.45) is 17.0 Å². The van der Waals surface area contributed by atoms with Crippen molar-refractivity contribution in [2.45, 2.75) is 70.8 Å². The van der Waals surface area contributed by atoms with Gasteiger partial charge in [0.05, 0.1) is 5.56 Å². The summed E-state index contributed by atoms with van der Waals surface area (Å²) >= 11 is 0. The summed E-state index contributed by atoms with van der Waals surface area (Å²) in [4.78, 5) is 24.3. The molecule has 1 amide bonds. The highest BCUT2D eigenvalue weighted by Crippen LogP contribution is 2.39. The number of hydrogen-bond donors (Lipinski definition) is 4. The average Bonchev–Trinajstić information content (AvgIpc) is 3.77. The maximum absolute atomic E-state index is 15.9. The van der Waals surface area contributed by atoms with Crippen molar-refractivity contribution in [1.29, 1.82) is 0 Å². The second kappa shape index (κ2) is 12.2. The second-order valence-electron chi connectivity index (χ2n) is 11.7. The summed E-state index contributed by atoms with van der Waals surface area (Å²) < 4.78 is 60.4. The van der Waals surface area contributed by atoms with Crippen molar-refractivity contribution in [3.63, 3.8) is 0 Å². The molecule has 0 radical (unpaired) electrons. The molecule has 10 nitrogen and oxygen atoms in total. The first-order chi connectivity index (χ1) is 19.8. The smallest absolute Gasteiger partial charge is 0.416 e. The quantitative estimate of drug-likeness (QED) is 0.188. The zero-order chi connectivity index (χ0) is 30.7. The zero-order valence-electron chi connectivity index (χ0n) is 24.0. The Hall–Kier alpha value is -3.81. The summed E-state index contributed by atoms with van der Waals surface area (Å²) in [6.45, 7) is 6.54. The van der Waals surface area contributed by atoms with Crippen molar-refractivity contribution >= 4 is 17.7 Å². The number of nitrogens with one attached hydrogen (secondary N) is 2. The molecule has 2 fully saturated rings. The first kappa shape index (κ1) is 31.1. The Morgan fingerprint density at radius 1 is 1.17 bits per heavy atom. The number of carbonyl (C=O) groups excluding carboxylic acids is 1. The molecular formula is C28H38F4N8O2. The van der Waals surface area contributed by atoms with Crippen molar-refractivity contribution in [1.82, 2.24) is 20.3 Å². The number of carbonyl (C=O) groups is 1. The van der Waals surface area contributed by atoms with E-state index in [1.807, 2.05) is 0 Å².